The van der Waals surface area contributed by atoms with E-state index in [2.05, 4.69) is 33.5 Å². The van der Waals surface area contributed by atoms with Crippen molar-refractivity contribution in [2.24, 2.45) is 0 Å². The van der Waals surface area contributed by atoms with Crippen LogP contribution in [0.25, 0.3) is 0 Å². The summed E-state index contributed by atoms with van der Waals surface area (Å²) < 4.78 is 0. The van der Waals surface area contributed by atoms with Crippen LogP contribution < -0.4 is 5.30 Å². The van der Waals surface area contributed by atoms with E-state index in [1.807, 2.05) is 0 Å². The Bertz CT molecular complexity index is 274. The molecule has 1 fully saturated rings. The van der Waals surface area contributed by atoms with E-state index >= 15 is 0 Å². The van der Waals surface area contributed by atoms with Crippen molar-refractivity contribution >= 4 is 14.5 Å². The second kappa shape index (κ2) is 4.24. The van der Waals surface area contributed by atoms with Crippen LogP contribution in [-0.2, 0) is 0 Å². The summed E-state index contributed by atoms with van der Waals surface area (Å²) in [7, 11) is 4.51. The zero-order valence-electron chi connectivity index (χ0n) is 7.87. The van der Waals surface area contributed by atoms with Crippen LogP contribution in [0.5, 0.6) is 0 Å². The van der Waals surface area contributed by atoms with Crippen molar-refractivity contribution in [3.63, 3.8) is 0 Å². The fraction of sp³-hybridized carbons (Fsp3) is 0.500. The van der Waals surface area contributed by atoms with Crippen LogP contribution in [0.2, 0.25) is 0 Å². The molecule has 0 aliphatic heterocycles. The molecule has 0 saturated heterocycles. The lowest BCUT2D eigenvalue weighted by Gasteiger charge is -2.41. The summed E-state index contributed by atoms with van der Waals surface area (Å²) in [6.45, 7) is 0. The molecule has 2 rings (SSSR count). The third-order valence-electron chi connectivity index (χ3n) is 2.98. The van der Waals surface area contributed by atoms with Gasteiger partial charge in [0.2, 0.25) is 0 Å². The third kappa shape index (κ3) is 2.11. The number of hydrogen-bond acceptors (Lipinski definition) is 0. The highest BCUT2D eigenvalue weighted by Gasteiger charge is 2.13. The molecule has 0 aromatic heterocycles. The van der Waals surface area contributed by atoms with Gasteiger partial charge >= 0.3 is 0 Å². The first-order valence-corrected chi connectivity index (χ1v) is 5.60. The van der Waals surface area contributed by atoms with E-state index in [0.29, 0.717) is 0 Å². The van der Waals surface area contributed by atoms with Gasteiger partial charge in [0, 0.05) is 0 Å². The van der Waals surface area contributed by atoms with Crippen LogP contribution in [0, 0.1) is 0 Å². The molecule has 70 valence electrons. The Morgan fingerprint density at radius 3 is 2.38 bits per heavy atom. The van der Waals surface area contributed by atoms with E-state index < -0.39 is 0 Å². The Hall–Kier alpha value is -0.350. The van der Waals surface area contributed by atoms with Gasteiger partial charge in [0.1, 0.15) is 0 Å². The fourth-order valence-electron chi connectivity index (χ4n) is 2.25. The Morgan fingerprint density at radius 1 is 1.00 bits per heavy atom. The maximum Gasteiger partial charge on any atom is -0.0206 e. The highest BCUT2D eigenvalue weighted by atomic mass is 31.0. The first-order valence-electron chi connectivity index (χ1n) is 5.16. The molecular formula is C12H15P-2. The minimum Gasteiger partial charge on any atom is -1.45 e. The minimum absolute atomic E-state index is 0.780. The molecule has 0 heterocycles. The summed E-state index contributed by atoms with van der Waals surface area (Å²) in [6.07, 6.45) is 6.93. The molecule has 0 atom stereocenters. The van der Waals surface area contributed by atoms with Gasteiger partial charge in [-0.15, -0.1) is 11.6 Å². The molecule has 1 aliphatic rings. The monoisotopic (exact) mass is 190 g/mol. The average molecular weight is 190 g/mol. The first kappa shape index (κ1) is 9.21. The lowest BCUT2D eigenvalue weighted by molar-refractivity contribution is 0.445. The second-order valence-electron chi connectivity index (χ2n) is 3.89. The van der Waals surface area contributed by atoms with Crippen LogP contribution in [0.4, 0.5) is 0 Å². The van der Waals surface area contributed by atoms with E-state index in [1.54, 1.807) is 0 Å². The van der Waals surface area contributed by atoms with Crippen molar-refractivity contribution in [3.8, 4) is 0 Å². The summed E-state index contributed by atoms with van der Waals surface area (Å²) in [5, 5.41) is 1.18. The topological polar surface area (TPSA) is 0 Å². The molecule has 1 heteroatoms. The van der Waals surface area contributed by atoms with Crippen molar-refractivity contribution in [2.75, 3.05) is 0 Å². The van der Waals surface area contributed by atoms with Crippen molar-refractivity contribution < 1.29 is 0 Å². The second-order valence-corrected chi connectivity index (χ2v) is 4.38. The molecule has 0 amide bonds. The Balaban J connectivity index is 2.18. The molecule has 0 N–H and O–H groups in total. The largest absolute Gasteiger partial charge is 1.45 e. The van der Waals surface area contributed by atoms with Gasteiger partial charge in [-0.3, -0.25) is 0 Å². The van der Waals surface area contributed by atoms with Crippen LogP contribution in [-0.4, -0.2) is 0 Å². The summed E-state index contributed by atoms with van der Waals surface area (Å²) in [5.41, 5.74) is 1.46. The molecule has 1 aromatic rings. The van der Waals surface area contributed by atoms with E-state index in [9.17, 15) is 0 Å². The highest BCUT2D eigenvalue weighted by molar-refractivity contribution is 7.27. The normalized spacial score (nSPS) is 18.8. The van der Waals surface area contributed by atoms with Crippen molar-refractivity contribution in [1.82, 2.24) is 0 Å². The fourth-order valence-corrected chi connectivity index (χ4v) is 2.59. The minimum atomic E-state index is 0.780. The maximum atomic E-state index is 4.51. The summed E-state index contributed by atoms with van der Waals surface area (Å²) in [5.74, 6) is 0.780. The molecule has 1 aromatic carbocycles. The van der Waals surface area contributed by atoms with Gasteiger partial charge in [0.25, 0.3) is 0 Å². The quantitative estimate of drug-likeness (QED) is 0.591. The van der Waals surface area contributed by atoms with Gasteiger partial charge in [0.15, 0.2) is 0 Å². The molecule has 0 radical (unpaired) electrons. The Morgan fingerprint density at radius 2 is 1.69 bits per heavy atom. The number of rotatable bonds is 1. The third-order valence-corrected chi connectivity index (χ3v) is 3.39. The van der Waals surface area contributed by atoms with Gasteiger partial charge in [0.05, 0.1) is 0 Å². The molecular weight excluding hydrogens is 175 g/mol. The molecule has 13 heavy (non-hydrogen) atoms. The Kier molecular flexibility index (Phi) is 3.01. The van der Waals surface area contributed by atoms with Crippen molar-refractivity contribution in [2.45, 2.75) is 38.0 Å². The van der Waals surface area contributed by atoms with Gasteiger partial charge < -0.3 is 14.5 Å². The smallest absolute Gasteiger partial charge is 0.0206 e. The van der Waals surface area contributed by atoms with Crippen LogP contribution in [0.15, 0.2) is 24.3 Å². The molecule has 0 bridgehead atoms. The first-order chi connectivity index (χ1) is 6.38. The molecule has 0 spiro atoms. The predicted molar refractivity (Wildman–Crippen MR) is 58.8 cm³/mol. The molecule has 0 nitrogen and oxygen atoms in total. The van der Waals surface area contributed by atoms with Gasteiger partial charge in [-0.2, -0.15) is 0 Å². The van der Waals surface area contributed by atoms with Gasteiger partial charge in [-0.05, 0) is 18.8 Å². The molecule has 0 unspecified atom stereocenters. The van der Waals surface area contributed by atoms with E-state index in [0.717, 1.165) is 5.92 Å². The van der Waals surface area contributed by atoms with Crippen LogP contribution in [0.1, 0.15) is 43.6 Å². The Labute approximate surface area is 82.9 Å². The zero-order valence-corrected chi connectivity index (χ0v) is 8.76. The summed E-state index contributed by atoms with van der Waals surface area (Å²) in [4.78, 5) is 0. The van der Waals surface area contributed by atoms with E-state index in [4.69, 9.17) is 0 Å². The van der Waals surface area contributed by atoms with Crippen LogP contribution >= 0.6 is 9.24 Å². The van der Waals surface area contributed by atoms with Gasteiger partial charge in [-0.25, -0.2) is 0 Å². The summed E-state index contributed by atoms with van der Waals surface area (Å²) in [6, 6.07) is 8.53. The summed E-state index contributed by atoms with van der Waals surface area (Å²) >= 11 is 0. The average Bonchev–Trinajstić information content (AvgIpc) is 2.20. The van der Waals surface area contributed by atoms with E-state index in [1.165, 1.54) is 43.0 Å². The number of hydrogen-bond donors (Lipinski definition) is 0. The lowest BCUT2D eigenvalue weighted by Crippen LogP contribution is -2.11. The van der Waals surface area contributed by atoms with Gasteiger partial charge in [-0.1, -0.05) is 37.5 Å². The maximum absolute atomic E-state index is 4.51. The molecule has 1 aliphatic carbocycles. The van der Waals surface area contributed by atoms with Crippen molar-refractivity contribution in [1.29, 1.82) is 0 Å². The predicted octanol–water partition coefficient (Wildman–Crippen LogP) is 3.77. The van der Waals surface area contributed by atoms with Crippen LogP contribution in [0.3, 0.4) is 0 Å². The number of benzene rings is 1. The lowest BCUT2D eigenvalue weighted by atomic mass is 9.84. The highest BCUT2D eigenvalue weighted by Crippen LogP contribution is 2.32. The SMILES string of the molecule is [P-2]c1ccccc1C1CCCCC1. The van der Waals surface area contributed by atoms with E-state index in [-0.39, 0.29) is 0 Å². The zero-order chi connectivity index (χ0) is 9.10. The van der Waals surface area contributed by atoms with Crippen molar-refractivity contribution in [3.05, 3.63) is 29.8 Å². The molecule has 1 saturated carbocycles. The standard InChI is InChI=1S/C12H15P/c13-12-9-5-4-8-11(12)10-6-2-1-3-7-10/h4-5,8-10H,1-3,6-7H2/q-2.